The van der Waals surface area contributed by atoms with Crippen molar-refractivity contribution >= 4 is 23.5 Å². The summed E-state index contributed by atoms with van der Waals surface area (Å²) in [6.07, 6.45) is 0. The Hall–Kier alpha value is -2.81. The molecule has 130 valence electrons. The molecule has 0 unspecified atom stereocenters. The fraction of sp³-hybridized carbons (Fsp3) is 0.250. The standard InChI is InChI=1S/C16H16N4O4S/c1-10-6-13(19-23-10)17-14(21)8-25-9-15-18-16(20-24-15)11-4-3-5-12(7-11)22-2/h3-7H,8-9H2,1-2H3,(H,17,19,21). The maximum absolute atomic E-state index is 11.8. The number of ether oxygens (including phenoxy) is 1. The normalized spacial score (nSPS) is 10.6. The van der Waals surface area contributed by atoms with E-state index in [-0.39, 0.29) is 11.7 Å². The van der Waals surface area contributed by atoms with Crippen molar-refractivity contribution in [1.29, 1.82) is 0 Å². The van der Waals surface area contributed by atoms with Crippen LogP contribution in [0.15, 0.2) is 39.4 Å². The Balaban J connectivity index is 1.50. The first-order chi connectivity index (χ1) is 12.1. The molecule has 9 heteroatoms. The van der Waals surface area contributed by atoms with Gasteiger partial charge in [-0.15, -0.1) is 11.8 Å². The number of amides is 1. The lowest BCUT2D eigenvalue weighted by atomic mass is 10.2. The summed E-state index contributed by atoms with van der Waals surface area (Å²) in [6.45, 7) is 1.76. The van der Waals surface area contributed by atoms with Crippen LogP contribution in [0.5, 0.6) is 5.75 Å². The van der Waals surface area contributed by atoms with E-state index in [1.807, 2.05) is 24.3 Å². The fourth-order valence-corrected chi connectivity index (χ4v) is 2.68. The van der Waals surface area contributed by atoms with Gasteiger partial charge >= 0.3 is 0 Å². The zero-order valence-corrected chi connectivity index (χ0v) is 14.5. The van der Waals surface area contributed by atoms with Crippen LogP contribution in [0.2, 0.25) is 0 Å². The number of nitrogens with zero attached hydrogens (tertiary/aromatic N) is 3. The van der Waals surface area contributed by atoms with Crippen LogP contribution < -0.4 is 10.1 Å². The van der Waals surface area contributed by atoms with Gasteiger partial charge in [0.2, 0.25) is 17.6 Å². The number of carbonyl (C=O) groups is 1. The third-order valence-electron chi connectivity index (χ3n) is 3.15. The minimum Gasteiger partial charge on any atom is -0.497 e. The van der Waals surface area contributed by atoms with E-state index in [2.05, 4.69) is 20.6 Å². The number of thioether (sulfide) groups is 1. The number of nitrogens with one attached hydrogen (secondary N) is 1. The Morgan fingerprint density at radius 3 is 2.92 bits per heavy atom. The van der Waals surface area contributed by atoms with Crippen LogP contribution in [0.25, 0.3) is 11.4 Å². The first-order valence-electron chi connectivity index (χ1n) is 7.42. The Labute approximate surface area is 147 Å². The molecule has 0 fully saturated rings. The second-order valence-electron chi connectivity index (χ2n) is 5.11. The highest BCUT2D eigenvalue weighted by Gasteiger charge is 2.11. The molecule has 0 aliphatic heterocycles. The van der Waals surface area contributed by atoms with E-state index in [0.29, 0.717) is 29.0 Å². The summed E-state index contributed by atoms with van der Waals surface area (Å²) >= 11 is 1.37. The average Bonchev–Trinajstić information content (AvgIpc) is 3.24. The van der Waals surface area contributed by atoms with Gasteiger partial charge in [0.25, 0.3) is 0 Å². The summed E-state index contributed by atoms with van der Waals surface area (Å²) in [7, 11) is 1.60. The van der Waals surface area contributed by atoms with Crippen LogP contribution in [0, 0.1) is 6.92 Å². The number of rotatable bonds is 7. The van der Waals surface area contributed by atoms with Crippen molar-refractivity contribution in [2.45, 2.75) is 12.7 Å². The van der Waals surface area contributed by atoms with E-state index in [1.54, 1.807) is 20.1 Å². The lowest BCUT2D eigenvalue weighted by molar-refractivity contribution is -0.113. The minimum absolute atomic E-state index is 0.175. The molecule has 3 aromatic rings. The molecular weight excluding hydrogens is 344 g/mol. The maximum Gasteiger partial charge on any atom is 0.236 e. The largest absolute Gasteiger partial charge is 0.497 e. The molecule has 0 aliphatic carbocycles. The van der Waals surface area contributed by atoms with Crippen molar-refractivity contribution < 1.29 is 18.6 Å². The smallest absolute Gasteiger partial charge is 0.236 e. The molecule has 0 saturated carbocycles. The maximum atomic E-state index is 11.8. The zero-order valence-electron chi connectivity index (χ0n) is 13.7. The molecule has 0 saturated heterocycles. The van der Waals surface area contributed by atoms with Gasteiger partial charge in [-0.05, 0) is 19.1 Å². The summed E-state index contributed by atoms with van der Waals surface area (Å²) in [6, 6.07) is 9.05. The number of anilines is 1. The third-order valence-corrected chi connectivity index (χ3v) is 4.07. The zero-order chi connectivity index (χ0) is 17.6. The number of aryl methyl sites for hydroxylation is 1. The second-order valence-corrected chi connectivity index (χ2v) is 6.09. The van der Waals surface area contributed by atoms with E-state index < -0.39 is 0 Å². The minimum atomic E-state index is -0.175. The van der Waals surface area contributed by atoms with Crippen molar-refractivity contribution in [3.8, 4) is 17.1 Å². The van der Waals surface area contributed by atoms with E-state index in [4.69, 9.17) is 13.8 Å². The summed E-state index contributed by atoms with van der Waals surface area (Å²) in [4.78, 5) is 16.1. The van der Waals surface area contributed by atoms with Crippen LogP contribution in [0.1, 0.15) is 11.7 Å². The summed E-state index contributed by atoms with van der Waals surface area (Å²) in [5.41, 5.74) is 0.804. The molecule has 0 atom stereocenters. The third kappa shape index (κ3) is 4.60. The summed E-state index contributed by atoms with van der Waals surface area (Å²) < 4.78 is 15.3. The Bertz CT molecular complexity index is 861. The van der Waals surface area contributed by atoms with Gasteiger partial charge in [0.15, 0.2) is 5.82 Å². The first-order valence-corrected chi connectivity index (χ1v) is 8.57. The number of methoxy groups -OCH3 is 1. The molecule has 0 spiro atoms. The summed E-state index contributed by atoms with van der Waals surface area (Å²) in [5.74, 6) is 3.19. The average molecular weight is 360 g/mol. The van der Waals surface area contributed by atoms with E-state index >= 15 is 0 Å². The van der Waals surface area contributed by atoms with Gasteiger partial charge in [-0.1, -0.05) is 22.4 Å². The Kier molecular flexibility index (Phi) is 5.34. The predicted molar refractivity (Wildman–Crippen MR) is 92.3 cm³/mol. The number of hydrogen-bond acceptors (Lipinski definition) is 8. The summed E-state index contributed by atoms with van der Waals surface area (Å²) in [5, 5.41) is 10.3. The van der Waals surface area contributed by atoms with Gasteiger partial charge < -0.3 is 19.1 Å². The molecular formula is C16H16N4O4S. The highest BCUT2D eigenvalue weighted by molar-refractivity contribution is 7.99. The van der Waals surface area contributed by atoms with Crippen LogP contribution in [0.3, 0.4) is 0 Å². The highest BCUT2D eigenvalue weighted by Crippen LogP contribution is 2.22. The van der Waals surface area contributed by atoms with Crippen LogP contribution in [-0.4, -0.2) is 34.1 Å². The van der Waals surface area contributed by atoms with Crippen LogP contribution in [-0.2, 0) is 10.5 Å². The van der Waals surface area contributed by atoms with Gasteiger partial charge in [0, 0.05) is 11.6 Å². The molecule has 3 rings (SSSR count). The molecule has 2 aromatic heterocycles. The van der Waals surface area contributed by atoms with Gasteiger partial charge in [-0.3, -0.25) is 4.79 Å². The predicted octanol–water partition coefficient (Wildman–Crippen LogP) is 2.91. The molecule has 0 aliphatic rings. The molecule has 2 heterocycles. The highest BCUT2D eigenvalue weighted by atomic mass is 32.2. The van der Waals surface area contributed by atoms with Crippen LogP contribution in [0.4, 0.5) is 5.82 Å². The van der Waals surface area contributed by atoms with Crippen molar-refractivity contribution in [2.75, 3.05) is 18.2 Å². The van der Waals surface area contributed by atoms with Crippen molar-refractivity contribution in [2.24, 2.45) is 0 Å². The van der Waals surface area contributed by atoms with Crippen molar-refractivity contribution in [1.82, 2.24) is 15.3 Å². The SMILES string of the molecule is COc1cccc(-c2noc(CSCC(=O)Nc3cc(C)on3)n2)c1. The molecule has 25 heavy (non-hydrogen) atoms. The number of hydrogen-bond donors (Lipinski definition) is 1. The Morgan fingerprint density at radius 2 is 2.16 bits per heavy atom. The lowest BCUT2D eigenvalue weighted by Gasteiger charge is -2.00. The molecule has 1 N–H and O–H groups in total. The molecule has 8 nitrogen and oxygen atoms in total. The second kappa shape index (κ2) is 7.84. The molecule has 0 radical (unpaired) electrons. The van der Waals surface area contributed by atoms with E-state index in [9.17, 15) is 4.79 Å². The number of aromatic nitrogens is 3. The fourth-order valence-electron chi connectivity index (χ4n) is 2.03. The topological polar surface area (TPSA) is 103 Å². The van der Waals surface area contributed by atoms with E-state index in [0.717, 1.165) is 11.3 Å². The van der Waals surface area contributed by atoms with Crippen molar-refractivity contribution in [3.05, 3.63) is 42.0 Å². The number of carbonyl (C=O) groups excluding carboxylic acids is 1. The lowest BCUT2D eigenvalue weighted by Crippen LogP contribution is -2.14. The Morgan fingerprint density at radius 1 is 1.28 bits per heavy atom. The van der Waals surface area contributed by atoms with Gasteiger partial charge in [0.1, 0.15) is 11.5 Å². The monoisotopic (exact) mass is 360 g/mol. The van der Waals surface area contributed by atoms with Crippen LogP contribution >= 0.6 is 11.8 Å². The van der Waals surface area contributed by atoms with Gasteiger partial charge in [-0.2, -0.15) is 4.98 Å². The van der Waals surface area contributed by atoms with Gasteiger partial charge in [0.05, 0.1) is 18.6 Å². The first kappa shape index (κ1) is 17.0. The molecule has 1 aromatic carbocycles. The molecule has 1 amide bonds. The van der Waals surface area contributed by atoms with Gasteiger partial charge in [-0.25, -0.2) is 0 Å². The van der Waals surface area contributed by atoms with E-state index in [1.165, 1.54) is 11.8 Å². The molecule has 0 bridgehead atoms. The quantitative estimate of drug-likeness (QED) is 0.686. The van der Waals surface area contributed by atoms with Crippen molar-refractivity contribution in [3.63, 3.8) is 0 Å². The number of benzene rings is 1.